The van der Waals surface area contributed by atoms with Gasteiger partial charge in [-0.05, 0) is 49.1 Å². The van der Waals surface area contributed by atoms with E-state index in [9.17, 15) is 14.0 Å². The number of aromatic nitrogens is 2. The highest BCUT2D eigenvalue weighted by atomic mass is 32.2. The van der Waals surface area contributed by atoms with Gasteiger partial charge in [0.2, 0.25) is 0 Å². The Hall–Kier alpha value is -2.69. The van der Waals surface area contributed by atoms with E-state index < -0.39 is 11.1 Å². The molecule has 1 aliphatic heterocycles. The fraction of sp³-hybridized carbons (Fsp3) is 0.333. The fourth-order valence-corrected chi connectivity index (χ4v) is 4.50. The minimum Gasteiger partial charge on any atom is -0.355 e. The second kappa shape index (κ2) is 7.74. The molecular formula is C21H22N4O2S. The summed E-state index contributed by atoms with van der Waals surface area (Å²) in [6, 6.07) is 13.7. The Morgan fingerprint density at radius 2 is 2.04 bits per heavy atom. The lowest BCUT2D eigenvalue weighted by Gasteiger charge is -2.23. The van der Waals surface area contributed by atoms with Crippen molar-refractivity contribution in [3.63, 3.8) is 0 Å². The average Bonchev–Trinajstić information content (AvgIpc) is 3.36. The molecule has 1 aliphatic rings. The molecule has 6 nitrogen and oxygen atoms in total. The number of nitriles is 1. The van der Waals surface area contributed by atoms with Crippen LogP contribution in [-0.2, 0) is 23.3 Å². The highest BCUT2D eigenvalue weighted by molar-refractivity contribution is 7.78. The second-order valence-electron chi connectivity index (χ2n) is 7.01. The molecule has 28 heavy (non-hydrogen) atoms. The van der Waals surface area contributed by atoms with E-state index in [1.54, 1.807) is 6.07 Å². The Labute approximate surface area is 166 Å². The molecule has 1 saturated heterocycles. The van der Waals surface area contributed by atoms with Crippen LogP contribution in [0.15, 0.2) is 36.4 Å². The maximum Gasteiger partial charge on any atom is 0.157 e. The summed E-state index contributed by atoms with van der Waals surface area (Å²) in [5.74, 6) is 0.782. The largest absolute Gasteiger partial charge is 0.355 e. The maximum absolute atomic E-state index is 11.8. The van der Waals surface area contributed by atoms with Crippen LogP contribution in [0, 0.1) is 11.3 Å². The molecule has 1 unspecified atom stereocenters. The van der Waals surface area contributed by atoms with E-state index in [-0.39, 0.29) is 5.75 Å². The van der Waals surface area contributed by atoms with Crippen LogP contribution in [0.5, 0.6) is 0 Å². The van der Waals surface area contributed by atoms with Crippen LogP contribution >= 0.6 is 0 Å². The van der Waals surface area contributed by atoms with Crippen molar-refractivity contribution >= 4 is 22.4 Å². The quantitative estimate of drug-likeness (QED) is 0.667. The summed E-state index contributed by atoms with van der Waals surface area (Å²) in [7, 11) is 0. The van der Waals surface area contributed by atoms with Crippen molar-refractivity contribution in [2.75, 3.05) is 18.0 Å². The van der Waals surface area contributed by atoms with Gasteiger partial charge >= 0.3 is 0 Å². The van der Waals surface area contributed by atoms with Crippen molar-refractivity contribution in [3.05, 3.63) is 53.2 Å². The third kappa shape index (κ3) is 3.30. The molecule has 0 spiro atoms. The number of rotatable bonds is 5. The first-order valence-electron chi connectivity index (χ1n) is 9.48. The van der Waals surface area contributed by atoms with Gasteiger partial charge in [0.15, 0.2) is 16.9 Å². The fourth-order valence-electron chi connectivity index (χ4n) is 3.98. The van der Waals surface area contributed by atoms with Crippen LogP contribution in [0.3, 0.4) is 0 Å². The number of anilines is 1. The van der Waals surface area contributed by atoms with Gasteiger partial charge < -0.3 is 9.45 Å². The summed E-state index contributed by atoms with van der Waals surface area (Å²) >= 11 is -2.00. The highest BCUT2D eigenvalue weighted by Gasteiger charge is 2.25. The molecule has 0 aliphatic carbocycles. The topological polar surface area (TPSA) is 81.6 Å². The second-order valence-corrected chi connectivity index (χ2v) is 7.94. The van der Waals surface area contributed by atoms with Crippen molar-refractivity contribution in [3.8, 4) is 17.2 Å². The number of hydrogen-bond acceptors (Lipinski definition) is 4. The molecule has 0 amide bonds. The Morgan fingerprint density at radius 3 is 2.71 bits per heavy atom. The predicted molar refractivity (Wildman–Crippen MR) is 111 cm³/mol. The molecule has 1 fully saturated rings. The van der Waals surface area contributed by atoms with Crippen LogP contribution in [0.4, 0.5) is 5.82 Å². The molecule has 3 heterocycles. The van der Waals surface area contributed by atoms with Crippen LogP contribution in [0.25, 0.3) is 16.6 Å². The average molecular weight is 395 g/mol. The molecule has 0 radical (unpaired) electrons. The summed E-state index contributed by atoms with van der Waals surface area (Å²) in [5, 5.41) is 14.2. The monoisotopic (exact) mass is 394 g/mol. The van der Waals surface area contributed by atoms with Crippen molar-refractivity contribution in [1.29, 1.82) is 5.26 Å². The number of aryl methyl sites for hydroxylation is 1. The van der Waals surface area contributed by atoms with Gasteiger partial charge in [0.25, 0.3) is 0 Å². The number of benzene rings is 1. The van der Waals surface area contributed by atoms with E-state index in [4.69, 9.17) is 5.10 Å². The highest BCUT2D eigenvalue weighted by Crippen LogP contribution is 2.37. The molecular weight excluding hydrogens is 372 g/mol. The van der Waals surface area contributed by atoms with Gasteiger partial charge in [0.05, 0.1) is 22.9 Å². The third-order valence-corrected chi connectivity index (χ3v) is 5.81. The van der Waals surface area contributed by atoms with E-state index in [1.165, 1.54) is 0 Å². The molecule has 0 bridgehead atoms. The normalized spacial score (nSPS) is 15.1. The molecule has 1 N–H and O–H groups in total. The van der Waals surface area contributed by atoms with Gasteiger partial charge in [-0.15, -0.1) is 5.10 Å². The van der Waals surface area contributed by atoms with Crippen LogP contribution < -0.4 is 4.90 Å². The molecule has 144 valence electrons. The lowest BCUT2D eigenvalue weighted by molar-refractivity contribution is 0.563. The lowest BCUT2D eigenvalue weighted by Crippen LogP contribution is -2.23. The van der Waals surface area contributed by atoms with Gasteiger partial charge in [-0.3, -0.25) is 0 Å². The zero-order chi connectivity index (χ0) is 19.7. The van der Waals surface area contributed by atoms with Crippen molar-refractivity contribution in [2.45, 2.75) is 31.9 Å². The minimum atomic E-state index is -2.00. The van der Waals surface area contributed by atoms with Crippen LogP contribution in [0.1, 0.15) is 36.6 Å². The van der Waals surface area contributed by atoms with Crippen molar-refractivity contribution in [1.82, 2.24) is 9.61 Å². The van der Waals surface area contributed by atoms with E-state index in [1.807, 2.05) is 34.8 Å². The lowest BCUT2D eigenvalue weighted by atomic mass is 9.99. The number of fused-ring (bicyclic) bond motifs is 1. The van der Waals surface area contributed by atoms with Crippen LogP contribution in [-0.4, -0.2) is 31.5 Å². The standard InChI is InChI=1S/C21H22N4O2S/c1-2-17-8-9-19-20(16-7-5-6-15(12-16)13-22)18(14-28(26)27)21(23-25(17)19)24-10-3-4-11-24/h5-9,12H,2-4,10-11,14H2,1H3,(H,26,27). The maximum atomic E-state index is 11.8. The van der Waals surface area contributed by atoms with Gasteiger partial charge in [-0.25, -0.2) is 8.72 Å². The molecule has 1 aromatic carbocycles. The Morgan fingerprint density at radius 1 is 1.25 bits per heavy atom. The smallest absolute Gasteiger partial charge is 0.157 e. The number of hydrogen-bond donors (Lipinski definition) is 1. The first-order chi connectivity index (χ1) is 13.6. The van der Waals surface area contributed by atoms with Gasteiger partial charge in [0, 0.05) is 29.9 Å². The first-order valence-corrected chi connectivity index (χ1v) is 10.8. The Balaban J connectivity index is 2.07. The summed E-state index contributed by atoms with van der Waals surface area (Å²) in [6.45, 7) is 3.87. The molecule has 3 aromatic rings. The van der Waals surface area contributed by atoms with Gasteiger partial charge in [0.1, 0.15) is 0 Å². The van der Waals surface area contributed by atoms with E-state index in [2.05, 4.69) is 17.9 Å². The molecule has 1 atom stereocenters. The van der Waals surface area contributed by atoms with E-state index >= 15 is 0 Å². The predicted octanol–water partition coefficient (Wildman–Crippen LogP) is 3.76. The first kappa shape index (κ1) is 18.7. The SMILES string of the molecule is CCc1ccc2c(-c3cccc(C#N)c3)c(CS(=O)O)c(N3CCCC3)nn12. The zero-order valence-corrected chi connectivity index (χ0v) is 16.6. The van der Waals surface area contributed by atoms with E-state index in [0.717, 1.165) is 66.1 Å². The Bertz CT molecular complexity index is 1090. The third-order valence-electron chi connectivity index (χ3n) is 5.27. The van der Waals surface area contributed by atoms with Crippen molar-refractivity contribution < 1.29 is 8.76 Å². The molecule has 7 heteroatoms. The van der Waals surface area contributed by atoms with E-state index in [0.29, 0.717) is 5.56 Å². The molecule has 2 aromatic heterocycles. The van der Waals surface area contributed by atoms with Gasteiger partial charge in [-0.1, -0.05) is 19.1 Å². The zero-order valence-electron chi connectivity index (χ0n) is 15.8. The minimum absolute atomic E-state index is 0.00802. The Kier molecular flexibility index (Phi) is 5.16. The summed E-state index contributed by atoms with van der Waals surface area (Å²) in [4.78, 5) is 2.21. The van der Waals surface area contributed by atoms with Gasteiger partial charge in [-0.2, -0.15) is 5.26 Å². The molecule has 0 saturated carbocycles. The summed E-state index contributed by atoms with van der Waals surface area (Å²) < 4.78 is 23.5. The van der Waals surface area contributed by atoms with Crippen LogP contribution in [0.2, 0.25) is 0 Å². The number of nitrogens with zero attached hydrogens (tertiary/aromatic N) is 4. The summed E-state index contributed by atoms with van der Waals surface area (Å²) in [6.07, 6.45) is 3.02. The molecule has 4 rings (SSSR count). The van der Waals surface area contributed by atoms with Crippen molar-refractivity contribution in [2.24, 2.45) is 0 Å². The summed E-state index contributed by atoms with van der Waals surface area (Å²) in [5.41, 5.74) is 5.07.